The van der Waals surface area contributed by atoms with Crippen molar-refractivity contribution in [2.24, 2.45) is 0 Å². The number of halogens is 2. The van der Waals surface area contributed by atoms with Crippen LogP contribution in [0.2, 0.25) is 10.0 Å². The zero-order valence-electron chi connectivity index (χ0n) is 12.1. The van der Waals surface area contributed by atoms with Crippen molar-refractivity contribution < 1.29 is 9.21 Å². The molecule has 0 atom stereocenters. The largest absolute Gasteiger partial charge is 0.449 e. The summed E-state index contributed by atoms with van der Waals surface area (Å²) in [4.78, 5) is 16.5. The van der Waals surface area contributed by atoms with Gasteiger partial charge in [0.1, 0.15) is 12.0 Å². The molecule has 1 heterocycles. The molecule has 6 heteroatoms. The van der Waals surface area contributed by atoms with Crippen LogP contribution in [0.25, 0.3) is 11.3 Å². The second-order valence-corrected chi connectivity index (χ2v) is 5.75. The molecule has 116 valence electrons. The average molecular weight is 347 g/mol. The van der Waals surface area contributed by atoms with Gasteiger partial charge in [0.05, 0.1) is 10.6 Å². The molecule has 1 N–H and O–H groups in total. The van der Waals surface area contributed by atoms with Crippen LogP contribution < -0.4 is 5.32 Å². The maximum Gasteiger partial charge on any atom is 0.257 e. The molecule has 0 fully saturated rings. The summed E-state index contributed by atoms with van der Waals surface area (Å²) in [5.74, 6) is 0.288. The van der Waals surface area contributed by atoms with E-state index in [1.54, 1.807) is 37.5 Å². The first kappa shape index (κ1) is 15.6. The first-order valence-electron chi connectivity index (χ1n) is 6.82. The number of benzene rings is 2. The van der Waals surface area contributed by atoms with Gasteiger partial charge in [-0.3, -0.25) is 4.79 Å². The minimum Gasteiger partial charge on any atom is -0.449 e. The van der Waals surface area contributed by atoms with Crippen molar-refractivity contribution in [2.75, 3.05) is 5.32 Å². The molecule has 3 aromatic rings. The van der Waals surface area contributed by atoms with Crippen LogP contribution in [-0.2, 0) is 0 Å². The molecule has 0 spiro atoms. The third kappa shape index (κ3) is 3.55. The predicted molar refractivity (Wildman–Crippen MR) is 91.1 cm³/mol. The van der Waals surface area contributed by atoms with E-state index in [4.69, 9.17) is 27.6 Å². The Morgan fingerprint density at radius 2 is 1.87 bits per heavy atom. The Morgan fingerprint density at radius 3 is 2.52 bits per heavy atom. The van der Waals surface area contributed by atoms with Crippen LogP contribution in [0.1, 0.15) is 16.2 Å². The molecule has 2 aromatic carbocycles. The summed E-state index contributed by atoms with van der Waals surface area (Å²) < 4.78 is 5.19. The Hall–Kier alpha value is -2.30. The Labute approximate surface area is 143 Å². The summed E-state index contributed by atoms with van der Waals surface area (Å²) in [6, 6.07) is 12.0. The number of nitrogens with one attached hydrogen (secondary N) is 1. The van der Waals surface area contributed by atoms with Crippen molar-refractivity contribution in [3.63, 3.8) is 0 Å². The molecule has 3 rings (SSSR count). The van der Waals surface area contributed by atoms with Gasteiger partial charge in [-0.05, 0) is 30.3 Å². The van der Waals surface area contributed by atoms with E-state index in [0.717, 1.165) is 11.3 Å². The third-order valence-electron chi connectivity index (χ3n) is 3.23. The lowest BCUT2D eigenvalue weighted by Crippen LogP contribution is -2.12. The number of rotatable bonds is 3. The molecule has 0 bridgehead atoms. The molecule has 0 aliphatic carbocycles. The molecular weight excluding hydrogens is 335 g/mol. The van der Waals surface area contributed by atoms with Crippen LogP contribution in [-0.4, -0.2) is 10.9 Å². The molecule has 0 aliphatic rings. The van der Waals surface area contributed by atoms with Gasteiger partial charge in [-0.15, -0.1) is 0 Å². The lowest BCUT2D eigenvalue weighted by molar-refractivity contribution is 0.102. The highest BCUT2D eigenvalue weighted by atomic mass is 35.5. The van der Waals surface area contributed by atoms with Gasteiger partial charge < -0.3 is 9.73 Å². The number of amides is 1. The normalized spacial score (nSPS) is 10.6. The Balaban J connectivity index is 1.78. The van der Waals surface area contributed by atoms with Crippen molar-refractivity contribution >= 4 is 34.8 Å². The predicted octanol–water partition coefficient (Wildman–Crippen LogP) is 5.21. The fraction of sp³-hybridized carbons (Fsp3) is 0.0588. The minimum atomic E-state index is -0.317. The molecular formula is C17H12Cl2N2O2. The highest BCUT2D eigenvalue weighted by Gasteiger charge is 2.11. The van der Waals surface area contributed by atoms with Crippen molar-refractivity contribution in [1.29, 1.82) is 0 Å². The zero-order valence-corrected chi connectivity index (χ0v) is 13.7. The molecule has 4 nitrogen and oxygen atoms in total. The Bertz CT molecular complexity index is 857. The number of carbonyl (C=O) groups is 1. The van der Waals surface area contributed by atoms with Crippen molar-refractivity contribution in [2.45, 2.75) is 6.92 Å². The monoisotopic (exact) mass is 346 g/mol. The second-order valence-electron chi connectivity index (χ2n) is 4.91. The van der Waals surface area contributed by atoms with Gasteiger partial charge in [0, 0.05) is 23.2 Å². The van der Waals surface area contributed by atoms with Gasteiger partial charge in [-0.25, -0.2) is 4.98 Å². The second kappa shape index (κ2) is 6.44. The van der Waals surface area contributed by atoms with Crippen LogP contribution in [0.15, 0.2) is 53.1 Å². The van der Waals surface area contributed by atoms with Crippen LogP contribution in [0.3, 0.4) is 0 Å². The van der Waals surface area contributed by atoms with Crippen molar-refractivity contribution in [1.82, 2.24) is 4.98 Å². The number of anilines is 1. The van der Waals surface area contributed by atoms with Crippen molar-refractivity contribution in [3.8, 4) is 11.3 Å². The van der Waals surface area contributed by atoms with E-state index in [1.807, 2.05) is 12.1 Å². The standard InChI is InChI=1S/C17H12Cl2N2O2/c1-10-20-16(9-23-10)11-2-5-13(6-3-11)21-17(22)14-8-12(18)4-7-15(14)19/h2-9H,1H3,(H,21,22). The molecule has 23 heavy (non-hydrogen) atoms. The Kier molecular flexibility index (Phi) is 4.37. The van der Waals surface area contributed by atoms with E-state index >= 15 is 0 Å². The van der Waals surface area contributed by atoms with E-state index in [1.165, 1.54) is 6.07 Å². The molecule has 0 saturated carbocycles. The summed E-state index contributed by atoms with van der Waals surface area (Å²) >= 11 is 11.9. The number of aryl methyl sites for hydroxylation is 1. The van der Waals surface area contributed by atoms with E-state index in [0.29, 0.717) is 27.2 Å². The SMILES string of the molecule is Cc1nc(-c2ccc(NC(=O)c3cc(Cl)ccc3Cl)cc2)co1. The fourth-order valence-corrected chi connectivity index (χ4v) is 2.47. The van der Waals surface area contributed by atoms with Gasteiger partial charge in [0.2, 0.25) is 0 Å². The number of hydrogen-bond donors (Lipinski definition) is 1. The smallest absolute Gasteiger partial charge is 0.257 e. The average Bonchev–Trinajstić information content (AvgIpc) is 2.97. The summed E-state index contributed by atoms with van der Waals surface area (Å²) in [6.07, 6.45) is 1.59. The first-order valence-corrected chi connectivity index (χ1v) is 7.57. The zero-order chi connectivity index (χ0) is 16.4. The van der Waals surface area contributed by atoms with Crippen molar-refractivity contribution in [3.05, 3.63) is 70.2 Å². The molecule has 1 aromatic heterocycles. The van der Waals surface area contributed by atoms with Crippen LogP contribution >= 0.6 is 23.2 Å². The number of aromatic nitrogens is 1. The molecule has 0 saturated heterocycles. The van der Waals surface area contributed by atoms with Crippen LogP contribution in [0, 0.1) is 6.92 Å². The molecule has 0 aliphatic heterocycles. The van der Waals surface area contributed by atoms with Gasteiger partial charge in [-0.2, -0.15) is 0 Å². The fourth-order valence-electron chi connectivity index (χ4n) is 2.09. The maximum atomic E-state index is 12.3. The van der Waals surface area contributed by atoms with E-state index < -0.39 is 0 Å². The van der Waals surface area contributed by atoms with Gasteiger partial charge in [0.25, 0.3) is 5.91 Å². The van der Waals surface area contributed by atoms with Gasteiger partial charge in [0.15, 0.2) is 5.89 Å². The maximum absolute atomic E-state index is 12.3. The lowest BCUT2D eigenvalue weighted by atomic mass is 10.1. The topological polar surface area (TPSA) is 55.1 Å². The van der Waals surface area contributed by atoms with E-state index in [9.17, 15) is 4.79 Å². The number of nitrogens with zero attached hydrogens (tertiary/aromatic N) is 1. The van der Waals surface area contributed by atoms with E-state index in [2.05, 4.69) is 10.3 Å². The summed E-state index contributed by atoms with van der Waals surface area (Å²) in [7, 11) is 0. The highest BCUT2D eigenvalue weighted by molar-refractivity contribution is 6.36. The molecule has 1 amide bonds. The minimum absolute atomic E-state index is 0.317. The number of hydrogen-bond acceptors (Lipinski definition) is 3. The van der Waals surface area contributed by atoms with Gasteiger partial charge in [-0.1, -0.05) is 35.3 Å². The first-order chi connectivity index (χ1) is 11.0. The van der Waals surface area contributed by atoms with Crippen LogP contribution in [0.5, 0.6) is 0 Å². The summed E-state index contributed by atoms with van der Waals surface area (Å²) in [6.45, 7) is 1.78. The highest BCUT2D eigenvalue weighted by Crippen LogP contribution is 2.23. The quantitative estimate of drug-likeness (QED) is 0.708. The molecule has 0 radical (unpaired) electrons. The van der Waals surface area contributed by atoms with E-state index in [-0.39, 0.29) is 5.91 Å². The van der Waals surface area contributed by atoms with Crippen LogP contribution in [0.4, 0.5) is 5.69 Å². The summed E-state index contributed by atoms with van der Waals surface area (Å²) in [5, 5.41) is 3.59. The summed E-state index contributed by atoms with van der Waals surface area (Å²) in [5.41, 5.74) is 2.63. The molecule has 0 unspecified atom stereocenters. The lowest BCUT2D eigenvalue weighted by Gasteiger charge is -2.07. The number of carbonyl (C=O) groups excluding carboxylic acids is 1. The van der Waals surface area contributed by atoms with Gasteiger partial charge >= 0.3 is 0 Å². The Morgan fingerprint density at radius 1 is 1.13 bits per heavy atom. The third-order valence-corrected chi connectivity index (χ3v) is 3.80. The number of oxazole rings is 1.